The fourth-order valence-corrected chi connectivity index (χ4v) is 1.73. The van der Waals surface area contributed by atoms with E-state index in [1.807, 2.05) is 24.3 Å². The molecule has 1 aromatic carbocycles. The molecule has 2 aromatic rings. The second kappa shape index (κ2) is 6.75. The van der Waals surface area contributed by atoms with Crippen LogP contribution in [0.4, 0.5) is 5.69 Å². The van der Waals surface area contributed by atoms with E-state index >= 15 is 0 Å². The number of anilines is 1. The number of pyridine rings is 1. The summed E-state index contributed by atoms with van der Waals surface area (Å²) in [5, 5.41) is 6.48. The van der Waals surface area contributed by atoms with E-state index in [9.17, 15) is 4.79 Å². The third-order valence-electron chi connectivity index (χ3n) is 2.52. The van der Waals surface area contributed by atoms with Crippen molar-refractivity contribution in [2.24, 2.45) is 0 Å². The number of hydrogen-bond acceptors (Lipinski definition) is 3. The van der Waals surface area contributed by atoms with Crippen molar-refractivity contribution in [2.45, 2.75) is 6.54 Å². The smallest absolute Gasteiger partial charge is 0.239 e. The number of amides is 1. The van der Waals surface area contributed by atoms with Crippen LogP contribution in [0.1, 0.15) is 5.56 Å². The molecule has 19 heavy (non-hydrogen) atoms. The first-order chi connectivity index (χ1) is 9.24. The Balaban J connectivity index is 1.76. The van der Waals surface area contributed by atoms with Crippen LogP contribution in [-0.4, -0.2) is 17.4 Å². The second-order valence-electron chi connectivity index (χ2n) is 4.00. The van der Waals surface area contributed by atoms with Crippen molar-refractivity contribution in [1.29, 1.82) is 0 Å². The molecule has 0 aliphatic carbocycles. The van der Waals surface area contributed by atoms with Crippen molar-refractivity contribution in [3.8, 4) is 0 Å². The monoisotopic (exact) mass is 275 g/mol. The van der Waals surface area contributed by atoms with E-state index in [2.05, 4.69) is 15.6 Å². The Labute approximate surface area is 116 Å². The topological polar surface area (TPSA) is 54.0 Å². The van der Waals surface area contributed by atoms with Crippen LogP contribution in [0.5, 0.6) is 0 Å². The summed E-state index contributed by atoms with van der Waals surface area (Å²) >= 11 is 5.85. The van der Waals surface area contributed by atoms with Crippen LogP contribution in [0, 0.1) is 0 Å². The molecule has 0 radical (unpaired) electrons. The van der Waals surface area contributed by atoms with Crippen LogP contribution in [0.25, 0.3) is 0 Å². The highest BCUT2D eigenvalue weighted by Crippen LogP contribution is 2.14. The summed E-state index contributed by atoms with van der Waals surface area (Å²) in [5.74, 6) is -0.0724. The van der Waals surface area contributed by atoms with Gasteiger partial charge in [0.05, 0.1) is 6.54 Å². The number of aromatic nitrogens is 1. The Morgan fingerprint density at radius 1 is 1.21 bits per heavy atom. The van der Waals surface area contributed by atoms with Crippen molar-refractivity contribution in [1.82, 2.24) is 10.3 Å². The molecule has 0 saturated carbocycles. The average molecular weight is 276 g/mol. The first-order valence-corrected chi connectivity index (χ1v) is 6.27. The van der Waals surface area contributed by atoms with Crippen molar-refractivity contribution in [2.75, 3.05) is 11.9 Å². The molecule has 1 aromatic heterocycles. The van der Waals surface area contributed by atoms with Crippen molar-refractivity contribution in [3.05, 3.63) is 59.4 Å². The quantitative estimate of drug-likeness (QED) is 0.881. The number of hydrogen-bond donors (Lipinski definition) is 2. The van der Waals surface area contributed by atoms with Gasteiger partial charge in [0.25, 0.3) is 0 Å². The molecular formula is C14H14ClN3O. The van der Waals surface area contributed by atoms with Gasteiger partial charge in [0.1, 0.15) is 0 Å². The molecule has 0 bridgehead atoms. The van der Waals surface area contributed by atoms with Gasteiger partial charge in [-0.1, -0.05) is 17.7 Å². The first-order valence-electron chi connectivity index (χ1n) is 5.89. The Kier molecular flexibility index (Phi) is 4.75. The zero-order valence-electron chi connectivity index (χ0n) is 10.3. The molecule has 4 nitrogen and oxygen atoms in total. The highest BCUT2D eigenvalue weighted by Gasteiger charge is 2.01. The van der Waals surface area contributed by atoms with Gasteiger partial charge in [0.15, 0.2) is 0 Å². The Morgan fingerprint density at radius 3 is 2.74 bits per heavy atom. The van der Waals surface area contributed by atoms with Crippen LogP contribution in [0.15, 0.2) is 48.8 Å². The summed E-state index contributed by atoms with van der Waals surface area (Å²) in [4.78, 5) is 15.6. The summed E-state index contributed by atoms with van der Waals surface area (Å²) in [6.45, 7) is 0.712. The van der Waals surface area contributed by atoms with Crippen molar-refractivity contribution >= 4 is 23.2 Å². The van der Waals surface area contributed by atoms with Crippen LogP contribution >= 0.6 is 11.6 Å². The van der Waals surface area contributed by atoms with E-state index in [1.165, 1.54) is 0 Å². The van der Waals surface area contributed by atoms with Gasteiger partial charge in [0, 0.05) is 29.6 Å². The van der Waals surface area contributed by atoms with Gasteiger partial charge in [-0.2, -0.15) is 0 Å². The van der Waals surface area contributed by atoms with E-state index in [0.717, 1.165) is 11.3 Å². The average Bonchev–Trinajstić information content (AvgIpc) is 2.44. The number of halogens is 1. The zero-order chi connectivity index (χ0) is 13.5. The fourth-order valence-electron chi connectivity index (χ4n) is 1.54. The fraction of sp³-hybridized carbons (Fsp3) is 0.143. The number of benzene rings is 1. The largest absolute Gasteiger partial charge is 0.376 e. The molecular weight excluding hydrogens is 262 g/mol. The van der Waals surface area contributed by atoms with Gasteiger partial charge in [-0.3, -0.25) is 9.78 Å². The molecule has 0 aliphatic rings. The third-order valence-corrected chi connectivity index (χ3v) is 2.75. The number of carbonyl (C=O) groups excluding carboxylic acids is 1. The molecule has 0 atom stereocenters. The zero-order valence-corrected chi connectivity index (χ0v) is 11.0. The molecule has 98 valence electrons. The minimum atomic E-state index is -0.0724. The molecule has 2 rings (SSSR count). The number of rotatable bonds is 5. The van der Waals surface area contributed by atoms with Gasteiger partial charge < -0.3 is 10.6 Å². The molecule has 1 heterocycles. The molecule has 1 amide bonds. The summed E-state index contributed by atoms with van der Waals surface area (Å²) in [6.07, 6.45) is 3.40. The normalized spacial score (nSPS) is 9.95. The van der Waals surface area contributed by atoms with Crippen LogP contribution in [-0.2, 0) is 11.3 Å². The van der Waals surface area contributed by atoms with E-state index in [4.69, 9.17) is 11.6 Å². The van der Waals surface area contributed by atoms with Crippen molar-refractivity contribution < 1.29 is 4.79 Å². The summed E-state index contributed by atoms with van der Waals surface area (Å²) in [5.41, 5.74) is 1.85. The third kappa shape index (κ3) is 4.60. The van der Waals surface area contributed by atoms with Crippen molar-refractivity contribution in [3.63, 3.8) is 0 Å². The van der Waals surface area contributed by atoms with E-state index < -0.39 is 0 Å². The lowest BCUT2D eigenvalue weighted by Gasteiger charge is -2.08. The highest BCUT2D eigenvalue weighted by molar-refractivity contribution is 6.30. The number of nitrogens with zero attached hydrogens (tertiary/aromatic N) is 1. The molecule has 0 saturated heterocycles. The molecule has 2 N–H and O–H groups in total. The van der Waals surface area contributed by atoms with E-state index in [0.29, 0.717) is 11.6 Å². The summed E-state index contributed by atoms with van der Waals surface area (Å²) < 4.78 is 0. The van der Waals surface area contributed by atoms with E-state index in [-0.39, 0.29) is 12.5 Å². The van der Waals surface area contributed by atoms with Gasteiger partial charge in [-0.05, 0) is 35.9 Å². The number of nitrogens with one attached hydrogen (secondary N) is 2. The minimum Gasteiger partial charge on any atom is -0.376 e. The second-order valence-corrected chi connectivity index (χ2v) is 4.43. The Hall–Kier alpha value is -2.07. The van der Waals surface area contributed by atoms with Crippen LogP contribution in [0.3, 0.4) is 0 Å². The van der Waals surface area contributed by atoms with Gasteiger partial charge in [0.2, 0.25) is 5.91 Å². The van der Waals surface area contributed by atoms with Crippen LogP contribution in [0.2, 0.25) is 5.02 Å². The van der Waals surface area contributed by atoms with Gasteiger partial charge in [-0.15, -0.1) is 0 Å². The lowest BCUT2D eigenvalue weighted by atomic mass is 10.3. The summed E-state index contributed by atoms with van der Waals surface area (Å²) in [6, 6.07) is 11.0. The minimum absolute atomic E-state index is 0.0724. The van der Waals surface area contributed by atoms with Gasteiger partial charge in [-0.25, -0.2) is 0 Å². The molecule has 0 aliphatic heterocycles. The molecule has 0 spiro atoms. The summed E-state index contributed by atoms with van der Waals surface area (Å²) in [7, 11) is 0. The molecule has 5 heteroatoms. The maximum absolute atomic E-state index is 11.7. The van der Waals surface area contributed by atoms with Gasteiger partial charge >= 0.3 is 0 Å². The van der Waals surface area contributed by atoms with E-state index in [1.54, 1.807) is 24.5 Å². The SMILES string of the molecule is O=C(CNc1cccc(Cl)c1)NCc1ccncc1. The number of carbonyl (C=O) groups is 1. The maximum Gasteiger partial charge on any atom is 0.239 e. The highest BCUT2D eigenvalue weighted by atomic mass is 35.5. The molecule has 0 fully saturated rings. The standard InChI is InChI=1S/C14H14ClN3O/c15-12-2-1-3-13(8-12)17-10-14(19)18-9-11-4-6-16-7-5-11/h1-8,17H,9-10H2,(H,18,19). The van der Waals surface area contributed by atoms with Crippen LogP contribution < -0.4 is 10.6 Å². The lowest BCUT2D eigenvalue weighted by Crippen LogP contribution is -2.29. The Morgan fingerprint density at radius 2 is 2.00 bits per heavy atom. The predicted molar refractivity (Wildman–Crippen MR) is 76.0 cm³/mol. The maximum atomic E-state index is 11.7. The lowest BCUT2D eigenvalue weighted by molar-refractivity contribution is -0.119. The predicted octanol–water partition coefficient (Wildman–Crippen LogP) is 2.46. The molecule has 0 unspecified atom stereocenters. The first kappa shape index (κ1) is 13.4. The Bertz CT molecular complexity index is 545.